The summed E-state index contributed by atoms with van der Waals surface area (Å²) in [5.41, 5.74) is 2.01. The third kappa shape index (κ3) is 2.72. The Morgan fingerprint density at radius 3 is 2.50 bits per heavy atom. The molecule has 5 heteroatoms. The molecule has 2 fully saturated rings. The van der Waals surface area contributed by atoms with Gasteiger partial charge in [-0.3, -0.25) is 4.79 Å². The van der Waals surface area contributed by atoms with E-state index in [0.717, 1.165) is 42.8 Å². The van der Waals surface area contributed by atoms with E-state index in [-0.39, 0.29) is 17.3 Å². The number of carbonyl (C=O) groups is 1. The van der Waals surface area contributed by atoms with Gasteiger partial charge in [0.05, 0.1) is 12.5 Å². The molecule has 1 saturated carbocycles. The van der Waals surface area contributed by atoms with Crippen LogP contribution in [0.1, 0.15) is 26.2 Å². The van der Waals surface area contributed by atoms with Gasteiger partial charge in [0.25, 0.3) is 5.69 Å². The van der Waals surface area contributed by atoms with E-state index in [0.29, 0.717) is 12.3 Å². The van der Waals surface area contributed by atoms with E-state index in [1.165, 1.54) is 7.05 Å². The topological polar surface area (TPSA) is 49.6 Å². The number of ether oxygens (including phenoxy) is 1. The van der Waals surface area contributed by atoms with Crippen LogP contribution in [0.5, 0.6) is 0 Å². The standard InChI is InChI=1S/C17H23N2O3/c1-3-22-16(20)15-12-17(15)8-10-19(11-9-17)14-6-4-13(5-7-14)18(2)21/h4-7,15H,3,8-12H2,1-2H3/q+1. The first kappa shape index (κ1) is 15.0. The molecule has 5 nitrogen and oxygen atoms in total. The average Bonchev–Trinajstić information content (AvgIpc) is 3.22. The number of hydrogen-bond donors (Lipinski definition) is 0. The van der Waals surface area contributed by atoms with Crippen LogP contribution in [0.25, 0.3) is 0 Å². The Hall–Kier alpha value is -1.91. The molecule has 2 aliphatic rings. The minimum absolute atomic E-state index is 0.0150. The molecular formula is C17H23N2O3+. The predicted molar refractivity (Wildman–Crippen MR) is 84.3 cm³/mol. The molecule has 0 amide bonds. The van der Waals surface area contributed by atoms with Crippen molar-refractivity contribution in [2.75, 3.05) is 31.6 Å². The van der Waals surface area contributed by atoms with E-state index < -0.39 is 0 Å². The summed E-state index contributed by atoms with van der Waals surface area (Å²) in [7, 11) is 1.50. The maximum absolute atomic E-state index is 11.9. The molecule has 0 aromatic heterocycles. The molecule has 1 heterocycles. The Bertz CT molecular complexity index is 574. The van der Waals surface area contributed by atoms with Gasteiger partial charge in [-0.2, -0.15) is 0 Å². The van der Waals surface area contributed by atoms with Crippen LogP contribution in [-0.4, -0.2) is 37.5 Å². The van der Waals surface area contributed by atoms with Crippen molar-refractivity contribution in [3.63, 3.8) is 0 Å². The second kappa shape index (κ2) is 5.71. The lowest BCUT2D eigenvalue weighted by Gasteiger charge is -2.34. The zero-order valence-electron chi connectivity index (χ0n) is 13.2. The van der Waals surface area contributed by atoms with Gasteiger partial charge in [-0.25, -0.2) is 0 Å². The van der Waals surface area contributed by atoms with Crippen LogP contribution in [-0.2, 0) is 9.53 Å². The number of nitrogens with zero attached hydrogens (tertiary/aromatic N) is 2. The first-order valence-corrected chi connectivity index (χ1v) is 7.98. The van der Waals surface area contributed by atoms with Crippen LogP contribution in [0.2, 0.25) is 0 Å². The highest BCUT2D eigenvalue weighted by molar-refractivity contribution is 5.77. The number of carbonyl (C=O) groups excluding carboxylic acids is 1. The van der Waals surface area contributed by atoms with Crippen molar-refractivity contribution in [3.05, 3.63) is 29.2 Å². The molecule has 22 heavy (non-hydrogen) atoms. The summed E-state index contributed by atoms with van der Waals surface area (Å²) < 4.78 is 6.02. The van der Waals surface area contributed by atoms with Gasteiger partial charge in [0.1, 0.15) is 0 Å². The largest absolute Gasteiger partial charge is 0.466 e. The van der Waals surface area contributed by atoms with E-state index in [1.807, 2.05) is 31.2 Å². The highest BCUT2D eigenvalue weighted by Crippen LogP contribution is 2.60. The molecule has 1 aliphatic heterocycles. The van der Waals surface area contributed by atoms with Gasteiger partial charge in [-0.15, -0.1) is 0 Å². The van der Waals surface area contributed by atoms with Crippen molar-refractivity contribution in [3.8, 4) is 0 Å². The quantitative estimate of drug-likeness (QED) is 0.634. The van der Waals surface area contributed by atoms with Crippen molar-refractivity contribution < 1.29 is 14.3 Å². The fourth-order valence-corrected chi connectivity index (χ4v) is 3.56. The first-order valence-electron chi connectivity index (χ1n) is 7.98. The molecule has 1 aliphatic carbocycles. The number of hydrogen-bond acceptors (Lipinski definition) is 4. The second-order valence-electron chi connectivity index (χ2n) is 6.37. The van der Waals surface area contributed by atoms with Gasteiger partial charge in [0, 0.05) is 40.6 Å². The smallest absolute Gasteiger partial charge is 0.309 e. The van der Waals surface area contributed by atoms with E-state index >= 15 is 0 Å². The minimum Gasteiger partial charge on any atom is -0.466 e. The van der Waals surface area contributed by atoms with Crippen molar-refractivity contribution in [1.82, 2.24) is 0 Å². The fraction of sp³-hybridized carbons (Fsp3) is 0.588. The van der Waals surface area contributed by atoms with E-state index in [2.05, 4.69) is 4.90 Å². The molecule has 0 N–H and O–H groups in total. The summed E-state index contributed by atoms with van der Waals surface area (Å²) >= 11 is 0. The van der Waals surface area contributed by atoms with Crippen LogP contribution < -0.4 is 4.90 Å². The van der Waals surface area contributed by atoms with E-state index in [4.69, 9.17) is 4.74 Å². The van der Waals surface area contributed by atoms with Crippen molar-refractivity contribution in [2.24, 2.45) is 11.3 Å². The highest BCUT2D eigenvalue weighted by Gasteiger charge is 2.59. The Morgan fingerprint density at radius 2 is 1.95 bits per heavy atom. The Morgan fingerprint density at radius 1 is 1.32 bits per heavy atom. The lowest BCUT2D eigenvalue weighted by atomic mass is 9.90. The van der Waals surface area contributed by atoms with Crippen LogP contribution in [0.15, 0.2) is 24.3 Å². The summed E-state index contributed by atoms with van der Waals surface area (Å²) in [5, 5.41) is 0. The molecule has 1 aromatic rings. The molecule has 1 spiro atoms. The number of rotatable bonds is 4. The van der Waals surface area contributed by atoms with Gasteiger partial charge in [0.15, 0.2) is 7.05 Å². The summed E-state index contributed by atoms with van der Waals surface area (Å²) in [6.45, 7) is 4.25. The Labute approximate surface area is 130 Å². The third-order valence-corrected chi connectivity index (χ3v) is 5.10. The second-order valence-corrected chi connectivity index (χ2v) is 6.37. The van der Waals surface area contributed by atoms with E-state index in [1.54, 1.807) is 0 Å². The number of piperidine rings is 1. The highest BCUT2D eigenvalue weighted by atomic mass is 16.5. The molecule has 118 valence electrons. The SMILES string of the molecule is CCOC(=O)C1CC12CCN(c1ccc([N+](C)=O)cc1)CC2. The summed E-state index contributed by atoms with van der Waals surface area (Å²) in [4.78, 5) is 25.4. The molecule has 1 saturated heterocycles. The van der Waals surface area contributed by atoms with Crippen LogP contribution in [0.4, 0.5) is 11.4 Å². The van der Waals surface area contributed by atoms with Crippen LogP contribution in [0.3, 0.4) is 0 Å². The van der Waals surface area contributed by atoms with Gasteiger partial charge in [-0.05, 0) is 43.7 Å². The lowest BCUT2D eigenvalue weighted by Crippen LogP contribution is -2.35. The van der Waals surface area contributed by atoms with Crippen LogP contribution in [0, 0.1) is 16.2 Å². The third-order valence-electron chi connectivity index (χ3n) is 5.10. The Kier molecular flexibility index (Phi) is 3.89. The van der Waals surface area contributed by atoms with E-state index in [9.17, 15) is 9.70 Å². The van der Waals surface area contributed by atoms with Gasteiger partial charge in [0.2, 0.25) is 0 Å². The van der Waals surface area contributed by atoms with Gasteiger partial charge < -0.3 is 9.64 Å². The average molecular weight is 303 g/mol. The molecule has 3 rings (SSSR count). The summed E-state index contributed by atoms with van der Waals surface area (Å²) in [6.07, 6.45) is 3.07. The predicted octanol–water partition coefficient (Wildman–Crippen LogP) is 2.90. The minimum atomic E-state index is -0.0150. The molecule has 0 radical (unpaired) electrons. The fourth-order valence-electron chi connectivity index (χ4n) is 3.56. The summed E-state index contributed by atoms with van der Waals surface area (Å²) in [5.74, 6) is 0.102. The maximum atomic E-state index is 11.9. The maximum Gasteiger partial charge on any atom is 0.309 e. The Balaban J connectivity index is 1.58. The normalized spacial score (nSPS) is 22.5. The zero-order valence-corrected chi connectivity index (χ0v) is 13.2. The zero-order chi connectivity index (χ0) is 15.7. The lowest BCUT2D eigenvalue weighted by molar-refractivity contribution is -0.428. The number of benzene rings is 1. The van der Waals surface area contributed by atoms with Crippen molar-refractivity contribution >= 4 is 17.3 Å². The molecule has 0 bridgehead atoms. The first-order chi connectivity index (χ1) is 10.6. The van der Waals surface area contributed by atoms with Crippen molar-refractivity contribution in [2.45, 2.75) is 26.2 Å². The molecule has 1 atom stereocenters. The van der Waals surface area contributed by atoms with Gasteiger partial charge in [-0.1, -0.05) is 0 Å². The molecule has 1 unspecified atom stereocenters. The monoisotopic (exact) mass is 303 g/mol. The molecular weight excluding hydrogens is 280 g/mol. The van der Waals surface area contributed by atoms with Crippen LogP contribution >= 0.6 is 0 Å². The number of esters is 1. The number of nitroso groups, excluding NO2 is 1. The van der Waals surface area contributed by atoms with Crippen molar-refractivity contribution in [1.29, 1.82) is 0 Å². The van der Waals surface area contributed by atoms with Gasteiger partial charge >= 0.3 is 5.97 Å². The summed E-state index contributed by atoms with van der Waals surface area (Å²) in [6, 6.07) is 7.70. The molecule has 1 aromatic carbocycles. The number of anilines is 1.